The van der Waals surface area contributed by atoms with Gasteiger partial charge in [-0.1, -0.05) is 20.8 Å². The Kier molecular flexibility index (Phi) is 6.57. The zero-order valence-electron chi connectivity index (χ0n) is 8.06. The molecule has 0 fully saturated rings. The average Bonchev–Trinajstić information content (AvgIpc) is 1.97. The van der Waals surface area contributed by atoms with Crippen LogP contribution < -0.4 is 11.1 Å². The lowest BCUT2D eigenvalue weighted by Crippen LogP contribution is -2.27. The van der Waals surface area contributed by atoms with E-state index in [9.17, 15) is 0 Å². The van der Waals surface area contributed by atoms with E-state index in [-0.39, 0.29) is 0 Å². The molecule has 0 amide bonds. The van der Waals surface area contributed by atoms with E-state index in [1.807, 2.05) is 0 Å². The molecule has 0 rings (SSSR count). The van der Waals surface area contributed by atoms with Crippen LogP contribution >= 0.6 is 0 Å². The molecule has 0 aliphatic heterocycles. The van der Waals surface area contributed by atoms with Crippen LogP contribution in [0.3, 0.4) is 0 Å². The van der Waals surface area contributed by atoms with Gasteiger partial charge in [-0.3, -0.25) is 0 Å². The molecule has 2 nitrogen and oxygen atoms in total. The van der Waals surface area contributed by atoms with Gasteiger partial charge in [-0.05, 0) is 31.8 Å². The molecule has 1 atom stereocenters. The van der Waals surface area contributed by atoms with Crippen molar-refractivity contribution in [1.82, 2.24) is 5.32 Å². The van der Waals surface area contributed by atoms with Crippen LogP contribution in [0.15, 0.2) is 0 Å². The Morgan fingerprint density at radius 3 is 2.45 bits per heavy atom. The fraction of sp³-hybridized carbons (Fsp3) is 1.00. The summed E-state index contributed by atoms with van der Waals surface area (Å²) in [5.41, 5.74) is 5.75. The molecular weight excluding hydrogens is 136 g/mol. The van der Waals surface area contributed by atoms with Crippen molar-refractivity contribution in [2.24, 2.45) is 11.7 Å². The van der Waals surface area contributed by atoms with Crippen molar-refractivity contribution in [3.05, 3.63) is 0 Å². The lowest BCUT2D eigenvalue weighted by atomic mass is 10.1. The molecule has 0 aromatic heterocycles. The second kappa shape index (κ2) is 6.62. The van der Waals surface area contributed by atoms with E-state index in [4.69, 9.17) is 5.73 Å². The summed E-state index contributed by atoms with van der Waals surface area (Å²) in [6, 6.07) is 0.384. The van der Waals surface area contributed by atoms with Gasteiger partial charge in [0.2, 0.25) is 0 Å². The van der Waals surface area contributed by atoms with Crippen LogP contribution in [-0.2, 0) is 0 Å². The highest BCUT2D eigenvalue weighted by Gasteiger charge is 1.97. The molecule has 1 unspecified atom stereocenters. The van der Waals surface area contributed by atoms with Gasteiger partial charge in [0.15, 0.2) is 0 Å². The fourth-order valence-electron chi connectivity index (χ4n) is 0.882. The smallest absolute Gasteiger partial charge is 0.00482 e. The summed E-state index contributed by atoms with van der Waals surface area (Å²) in [7, 11) is 0. The lowest BCUT2D eigenvalue weighted by Gasteiger charge is -2.10. The van der Waals surface area contributed by atoms with Crippen molar-refractivity contribution in [3.63, 3.8) is 0 Å². The van der Waals surface area contributed by atoms with E-state index >= 15 is 0 Å². The molecule has 0 aliphatic carbocycles. The molecule has 11 heavy (non-hydrogen) atoms. The highest BCUT2D eigenvalue weighted by atomic mass is 14.9. The van der Waals surface area contributed by atoms with Crippen molar-refractivity contribution in [1.29, 1.82) is 0 Å². The summed E-state index contributed by atoms with van der Waals surface area (Å²) in [6.45, 7) is 8.73. The maximum absolute atomic E-state index is 5.75. The molecule has 0 spiro atoms. The SMILES string of the molecule is CCC(N)CCNCC(C)C. The molecule has 68 valence electrons. The van der Waals surface area contributed by atoms with Crippen LogP contribution in [0.25, 0.3) is 0 Å². The van der Waals surface area contributed by atoms with Gasteiger partial charge in [0.05, 0.1) is 0 Å². The third kappa shape index (κ3) is 7.82. The Hall–Kier alpha value is -0.0800. The molecule has 2 heteroatoms. The predicted octanol–water partition coefficient (Wildman–Crippen LogP) is 1.36. The fourth-order valence-corrected chi connectivity index (χ4v) is 0.882. The Balaban J connectivity index is 3.01. The molecule has 0 aliphatic rings. The van der Waals surface area contributed by atoms with Crippen molar-refractivity contribution in [2.75, 3.05) is 13.1 Å². The Labute approximate surface area is 70.5 Å². The van der Waals surface area contributed by atoms with E-state index in [1.54, 1.807) is 0 Å². The first-order valence-corrected chi connectivity index (χ1v) is 4.63. The Morgan fingerprint density at radius 1 is 1.36 bits per heavy atom. The van der Waals surface area contributed by atoms with Gasteiger partial charge in [0.25, 0.3) is 0 Å². The van der Waals surface area contributed by atoms with Crippen LogP contribution in [0.5, 0.6) is 0 Å². The summed E-state index contributed by atoms with van der Waals surface area (Å²) in [6.07, 6.45) is 2.19. The first-order valence-electron chi connectivity index (χ1n) is 4.63. The van der Waals surface area contributed by atoms with E-state index in [0.29, 0.717) is 6.04 Å². The molecule has 0 heterocycles. The number of nitrogens with two attached hydrogens (primary N) is 1. The maximum Gasteiger partial charge on any atom is 0.00482 e. The lowest BCUT2D eigenvalue weighted by molar-refractivity contribution is 0.507. The molecule has 3 N–H and O–H groups in total. The Morgan fingerprint density at radius 2 is 2.00 bits per heavy atom. The first kappa shape index (κ1) is 10.9. The summed E-state index contributed by atoms with van der Waals surface area (Å²) >= 11 is 0. The summed E-state index contributed by atoms with van der Waals surface area (Å²) < 4.78 is 0. The van der Waals surface area contributed by atoms with E-state index in [1.165, 1.54) is 0 Å². The largest absolute Gasteiger partial charge is 0.328 e. The Bertz CT molecular complexity index is 81.6. The summed E-state index contributed by atoms with van der Waals surface area (Å²) in [5.74, 6) is 0.743. The molecule has 0 radical (unpaired) electrons. The third-order valence-electron chi connectivity index (χ3n) is 1.77. The van der Waals surface area contributed by atoms with Crippen molar-refractivity contribution in [2.45, 2.75) is 39.7 Å². The zero-order valence-corrected chi connectivity index (χ0v) is 8.06. The predicted molar refractivity (Wildman–Crippen MR) is 50.6 cm³/mol. The second-order valence-electron chi connectivity index (χ2n) is 3.55. The molecule has 0 saturated carbocycles. The molecule has 0 aromatic carbocycles. The van der Waals surface area contributed by atoms with Crippen LogP contribution in [0.4, 0.5) is 0 Å². The normalized spacial score (nSPS) is 13.9. The maximum atomic E-state index is 5.75. The number of hydrogen-bond donors (Lipinski definition) is 2. The second-order valence-corrected chi connectivity index (χ2v) is 3.55. The van der Waals surface area contributed by atoms with Gasteiger partial charge in [0, 0.05) is 6.04 Å². The molecular formula is C9H22N2. The van der Waals surface area contributed by atoms with Crippen molar-refractivity contribution in [3.8, 4) is 0 Å². The van der Waals surface area contributed by atoms with E-state index in [2.05, 4.69) is 26.1 Å². The molecule has 0 saturated heterocycles. The van der Waals surface area contributed by atoms with Crippen molar-refractivity contribution < 1.29 is 0 Å². The number of nitrogens with one attached hydrogen (secondary N) is 1. The van der Waals surface area contributed by atoms with Crippen LogP contribution in [0, 0.1) is 5.92 Å². The minimum absolute atomic E-state index is 0.384. The quantitative estimate of drug-likeness (QED) is 0.573. The van der Waals surface area contributed by atoms with Crippen LogP contribution in [0.2, 0.25) is 0 Å². The van der Waals surface area contributed by atoms with E-state index in [0.717, 1.165) is 31.8 Å². The summed E-state index contributed by atoms with van der Waals surface area (Å²) in [4.78, 5) is 0. The van der Waals surface area contributed by atoms with Gasteiger partial charge in [-0.25, -0.2) is 0 Å². The minimum atomic E-state index is 0.384. The monoisotopic (exact) mass is 158 g/mol. The van der Waals surface area contributed by atoms with E-state index < -0.39 is 0 Å². The third-order valence-corrected chi connectivity index (χ3v) is 1.77. The summed E-state index contributed by atoms with van der Waals surface area (Å²) in [5, 5.41) is 3.37. The zero-order chi connectivity index (χ0) is 8.69. The van der Waals surface area contributed by atoms with Gasteiger partial charge in [-0.2, -0.15) is 0 Å². The number of hydrogen-bond acceptors (Lipinski definition) is 2. The van der Waals surface area contributed by atoms with Gasteiger partial charge >= 0.3 is 0 Å². The van der Waals surface area contributed by atoms with Gasteiger partial charge in [-0.15, -0.1) is 0 Å². The molecule has 0 bridgehead atoms. The standard InChI is InChI=1S/C9H22N2/c1-4-9(10)5-6-11-7-8(2)3/h8-9,11H,4-7,10H2,1-3H3. The van der Waals surface area contributed by atoms with Crippen LogP contribution in [0.1, 0.15) is 33.6 Å². The molecule has 0 aromatic rings. The van der Waals surface area contributed by atoms with Gasteiger partial charge in [0.1, 0.15) is 0 Å². The van der Waals surface area contributed by atoms with Crippen molar-refractivity contribution >= 4 is 0 Å². The topological polar surface area (TPSA) is 38.0 Å². The minimum Gasteiger partial charge on any atom is -0.328 e. The van der Waals surface area contributed by atoms with Crippen LogP contribution in [-0.4, -0.2) is 19.1 Å². The number of rotatable bonds is 6. The van der Waals surface area contributed by atoms with Gasteiger partial charge < -0.3 is 11.1 Å². The first-order chi connectivity index (χ1) is 5.16. The highest BCUT2D eigenvalue weighted by molar-refractivity contribution is 4.60. The average molecular weight is 158 g/mol. The highest BCUT2D eigenvalue weighted by Crippen LogP contribution is 1.92.